The van der Waals surface area contributed by atoms with E-state index in [-0.39, 0.29) is 11.8 Å². The van der Waals surface area contributed by atoms with Crippen LogP contribution in [0.5, 0.6) is 0 Å². The van der Waals surface area contributed by atoms with Crippen molar-refractivity contribution in [1.29, 1.82) is 0 Å². The van der Waals surface area contributed by atoms with E-state index in [0.29, 0.717) is 34.9 Å². The van der Waals surface area contributed by atoms with Crippen molar-refractivity contribution in [3.05, 3.63) is 11.6 Å². The quantitative estimate of drug-likeness (QED) is 0.731. The molecule has 132 valence electrons. The standard InChI is InChI=1S/C21H30O3/c1-20-9-7-13(12-19(23)24)11-14(20)3-4-15-16-5-6-18(22)21(16,2)10-8-17(15)20/h7,14-17H,3-6,8-12H2,1-2H3,(H,23,24)/p-1/t14-,15-,16-,17+,20-,21-/m0/s1. The Morgan fingerprint density at radius 3 is 2.75 bits per heavy atom. The Morgan fingerprint density at radius 2 is 2.00 bits per heavy atom. The summed E-state index contributed by atoms with van der Waals surface area (Å²) in [6.07, 6.45) is 10.8. The molecule has 4 aliphatic carbocycles. The largest absolute Gasteiger partial charge is 0.550 e. The van der Waals surface area contributed by atoms with Crippen molar-refractivity contribution in [3.8, 4) is 0 Å². The Balaban J connectivity index is 1.59. The second-order valence-corrected chi connectivity index (χ2v) is 9.39. The summed E-state index contributed by atoms with van der Waals surface area (Å²) in [4.78, 5) is 23.4. The summed E-state index contributed by atoms with van der Waals surface area (Å²) < 4.78 is 0. The summed E-state index contributed by atoms with van der Waals surface area (Å²) in [6.45, 7) is 4.68. The van der Waals surface area contributed by atoms with E-state index in [1.807, 2.05) is 0 Å². The zero-order valence-electron chi connectivity index (χ0n) is 15.0. The van der Waals surface area contributed by atoms with Gasteiger partial charge < -0.3 is 9.90 Å². The molecule has 0 aromatic heterocycles. The minimum atomic E-state index is -0.948. The van der Waals surface area contributed by atoms with Crippen LogP contribution in [0, 0.1) is 34.5 Å². The number of hydrogen-bond donors (Lipinski definition) is 0. The molecule has 4 aliphatic rings. The van der Waals surface area contributed by atoms with Gasteiger partial charge in [0, 0.05) is 24.2 Å². The smallest absolute Gasteiger partial charge is 0.139 e. The van der Waals surface area contributed by atoms with Crippen molar-refractivity contribution in [2.75, 3.05) is 0 Å². The van der Waals surface area contributed by atoms with E-state index in [2.05, 4.69) is 19.9 Å². The molecule has 0 spiro atoms. The van der Waals surface area contributed by atoms with Crippen LogP contribution in [-0.4, -0.2) is 11.8 Å². The summed E-state index contributed by atoms with van der Waals surface area (Å²) in [5, 5.41) is 10.9. The van der Waals surface area contributed by atoms with Crippen LogP contribution >= 0.6 is 0 Å². The van der Waals surface area contributed by atoms with Gasteiger partial charge in [-0.15, -0.1) is 0 Å². The monoisotopic (exact) mass is 329 g/mol. The van der Waals surface area contributed by atoms with Crippen LogP contribution in [0.2, 0.25) is 0 Å². The number of hydrogen-bond acceptors (Lipinski definition) is 3. The minimum Gasteiger partial charge on any atom is -0.550 e. The first kappa shape index (κ1) is 16.4. The summed E-state index contributed by atoms with van der Waals surface area (Å²) in [5.41, 5.74) is 1.33. The fourth-order valence-corrected chi connectivity index (χ4v) is 7.05. The van der Waals surface area contributed by atoms with Gasteiger partial charge in [-0.1, -0.05) is 25.5 Å². The third-order valence-corrected chi connectivity index (χ3v) is 8.48. The average Bonchev–Trinajstić information content (AvgIpc) is 2.83. The van der Waals surface area contributed by atoms with Gasteiger partial charge in [-0.25, -0.2) is 0 Å². The molecule has 0 bridgehead atoms. The maximum atomic E-state index is 12.4. The number of fused-ring (bicyclic) bond motifs is 5. The Bertz CT molecular complexity index is 606. The van der Waals surface area contributed by atoms with E-state index in [4.69, 9.17) is 0 Å². The van der Waals surface area contributed by atoms with Crippen LogP contribution in [0.3, 0.4) is 0 Å². The molecule has 3 fully saturated rings. The van der Waals surface area contributed by atoms with Crippen LogP contribution in [-0.2, 0) is 9.59 Å². The minimum absolute atomic E-state index is 0.0466. The van der Waals surface area contributed by atoms with Crippen LogP contribution in [0.4, 0.5) is 0 Å². The van der Waals surface area contributed by atoms with Crippen LogP contribution in [0.1, 0.15) is 71.6 Å². The molecule has 3 saturated carbocycles. The molecule has 0 saturated heterocycles. The Kier molecular flexibility index (Phi) is 3.71. The van der Waals surface area contributed by atoms with E-state index in [0.717, 1.165) is 37.7 Å². The lowest BCUT2D eigenvalue weighted by Gasteiger charge is -2.59. The number of aliphatic carboxylic acids is 1. The zero-order valence-corrected chi connectivity index (χ0v) is 15.0. The van der Waals surface area contributed by atoms with E-state index in [1.54, 1.807) is 0 Å². The number of carbonyl (C=O) groups excluding carboxylic acids is 2. The first-order valence-electron chi connectivity index (χ1n) is 9.75. The van der Waals surface area contributed by atoms with Gasteiger partial charge >= 0.3 is 0 Å². The number of rotatable bonds is 2. The van der Waals surface area contributed by atoms with E-state index in [1.165, 1.54) is 19.3 Å². The zero-order chi connectivity index (χ0) is 17.1. The maximum Gasteiger partial charge on any atom is 0.139 e. The summed E-state index contributed by atoms with van der Waals surface area (Å²) >= 11 is 0. The first-order valence-corrected chi connectivity index (χ1v) is 9.75. The van der Waals surface area contributed by atoms with Gasteiger partial charge in [0.15, 0.2) is 0 Å². The van der Waals surface area contributed by atoms with Gasteiger partial charge in [-0.05, 0) is 74.0 Å². The van der Waals surface area contributed by atoms with Crippen LogP contribution in [0.15, 0.2) is 11.6 Å². The molecule has 0 N–H and O–H groups in total. The highest BCUT2D eigenvalue weighted by Gasteiger charge is 2.59. The lowest BCUT2D eigenvalue weighted by molar-refractivity contribution is -0.304. The highest BCUT2D eigenvalue weighted by atomic mass is 16.4. The number of carboxylic acids is 1. The molecule has 24 heavy (non-hydrogen) atoms. The number of carbonyl (C=O) groups is 2. The Morgan fingerprint density at radius 1 is 1.21 bits per heavy atom. The van der Waals surface area contributed by atoms with Gasteiger partial charge in [0.05, 0.1) is 0 Å². The van der Waals surface area contributed by atoms with E-state index in [9.17, 15) is 14.7 Å². The molecule has 0 aromatic rings. The molecule has 0 radical (unpaired) electrons. The van der Waals surface area contributed by atoms with Crippen molar-refractivity contribution in [1.82, 2.24) is 0 Å². The van der Waals surface area contributed by atoms with Crippen molar-refractivity contribution < 1.29 is 14.7 Å². The molecule has 4 rings (SSSR count). The molecule has 0 aromatic carbocycles. The number of carboxylic acid groups (broad SMARTS) is 1. The molecule has 6 atom stereocenters. The molecule has 3 nitrogen and oxygen atoms in total. The summed E-state index contributed by atoms with van der Waals surface area (Å²) in [7, 11) is 0. The molecule has 0 heterocycles. The second kappa shape index (κ2) is 5.44. The number of allylic oxidation sites excluding steroid dienone is 1. The van der Waals surface area contributed by atoms with Crippen molar-refractivity contribution >= 4 is 11.8 Å². The number of Topliss-reactive ketones (excluding diaryl/α,β-unsaturated/α-hetero) is 1. The lowest BCUT2D eigenvalue weighted by atomic mass is 9.45. The van der Waals surface area contributed by atoms with E-state index >= 15 is 0 Å². The van der Waals surface area contributed by atoms with Gasteiger partial charge in [-0.3, -0.25) is 4.79 Å². The van der Waals surface area contributed by atoms with Crippen molar-refractivity contribution in [2.45, 2.75) is 71.6 Å². The fourth-order valence-electron chi connectivity index (χ4n) is 7.05. The fraction of sp³-hybridized carbons (Fsp3) is 0.810. The highest BCUT2D eigenvalue weighted by Crippen LogP contribution is 2.65. The first-order chi connectivity index (χ1) is 11.3. The SMILES string of the molecule is C[C@]12CC=C(CC(=O)[O-])C[C@@H]1CC[C@@H]1[C@H]2CC[C@]2(C)C(=O)CC[C@@H]12. The van der Waals surface area contributed by atoms with Gasteiger partial charge in [-0.2, -0.15) is 0 Å². The summed E-state index contributed by atoms with van der Waals surface area (Å²) in [5.74, 6) is 2.18. The Labute approximate surface area is 144 Å². The van der Waals surface area contributed by atoms with Gasteiger partial charge in [0.2, 0.25) is 0 Å². The van der Waals surface area contributed by atoms with Gasteiger partial charge in [0.25, 0.3) is 0 Å². The second-order valence-electron chi connectivity index (χ2n) is 9.39. The Hall–Kier alpha value is -1.12. The summed E-state index contributed by atoms with van der Waals surface area (Å²) in [6, 6.07) is 0. The van der Waals surface area contributed by atoms with E-state index < -0.39 is 5.97 Å². The highest BCUT2D eigenvalue weighted by molar-refractivity contribution is 5.87. The van der Waals surface area contributed by atoms with Crippen LogP contribution in [0.25, 0.3) is 0 Å². The molecule has 3 heteroatoms. The molecule has 0 unspecified atom stereocenters. The predicted molar refractivity (Wildman–Crippen MR) is 89.8 cm³/mol. The van der Waals surface area contributed by atoms with Crippen molar-refractivity contribution in [3.63, 3.8) is 0 Å². The molecular formula is C21H29O3-. The topological polar surface area (TPSA) is 57.2 Å². The van der Waals surface area contributed by atoms with Gasteiger partial charge in [0.1, 0.15) is 5.78 Å². The lowest BCUT2D eigenvalue weighted by Crippen LogP contribution is -2.52. The van der Waals surface area contributed by atoms with Crippen molar-refractivity contribution in [2.24, 2.45) is 34.5 Å². The van der Waals surface area contributed by atoms with Crippen LogP contribution < -0.4 is 5.11 Å². The molecular weight excluding hydrogens is 300 g/mol. The average molecular weight is 329 g/mol. The maximum absolute atomic E-state index is 12.4. The normalized spacial score (nSPS) is 47.4. The molecule has 0 amide bonds. The molecule has 0 aliphatic heterocycles. The third kappa shape index (κ3) is 2.23. The third-order valence-electron chi connectivity index (χ3n) is 8.48. The number of ketones is 1. The predicted octanol–water partition coefficient (Wildman–Crippen LogP) is 3.27.